The third kappa shape index (κ3) is 1.12. The van der Waals surface area contributed by atoms with E-state index in [0.717, 1.165) is 6.42 Å². The molecule has 2 rings (SSSR count). The summed E-state index contributed by atoms with van der Waals surface area (Å²) >= 11 is 1.58. The predicted octanol–water partition coefficient (Wildman–Crippen LogP) is 3.17. The lowest BCUT2D eigenvalue weighted by Crippen LogP contribution is -1.82. The number of fused-ring (bicyclic) bond motifs is 1. The highest BCUT2D eigenvalue weighted by Crippen LogP contribution is 2.24. The minimum absolute atomic E-state index is 1.09. The molecule has 0 N–H and O–H groups in total. The zero-order valence-corrected chi connectivity index (χ0v) is 8.11. The minimum Gasteiger partial charge on any atom is -0.200 e. The molecule has 0 bridgehead atoms. The van der Waals surface area contributed by atoms with Crippen LogP contribution in [0.1, 0.15) is 18.1 Å². The van der Waals surface area contributed by atoms with Gasteiger partial charge in [0.2, 0.25) is 0 Å². The van der Waals surface area contributed by atoms with E-state index in [1.165, 1.54) is 21.2 Å². The van der Waals surface area contributed by atoms with Crippen molar-refractivity contribution in [3.05, 3.63) is 29.5 Å². The summed E-state index contributed by atoms with van der Waals surface area (Å²) in [5, 5.41) is 1.33. The Kier molecular flexibility index (Phi) is 1.85. The van der Waals surface area contributed by atoms with Crippen LogP contribution in [0.5, 0.6) is 0 Å². The zero-order chi connectivity index (χ0) is 8.55. The van der Waals surface area contributed by atoms with Crippen molar-refractivity contribution in [2.75, 3.05) is 0 Å². The number of hydrogen-bond acceptors (Lipinski definition) is 2. The number of nitrogens with zero attached hydrogens (tertiary/aromatic N) is 1. The van der Waals surface area contributed by atoms with Crippen molar-refractivity contribution in [2.45, 2.75) is 20.3 Å². The van der Waals surface area contributed by atoms with Crippen molar-refractivity contribution < 1.29 is 0 Å². The molecule has 1 aromatic heterocycles. The topological polar surface area (TPSA) is 12.9 Å². The van der Waals surface area contributed by atoms with Crippen molar-refractivity contribution in [3.63, 3.8) is 0 Å². The summed E-state index contributed by atoms with van der Waals surface area (Å²) in [5.41, 5.74) is 2.75. The number of benzene rings is 1. The van der Waals surface area contributed by atoms with Gasteiger partial charge in [-0.15, -0.1) is 0 Å². The molecule has 12 heavy (non-hydrogen) atoms. The lowest BCUT2D eigenvalue weighted by Gasteiger charge is -1.99. The Labute approximate surface area is 76.2 Å². The molecule has 1 heterocycles. The summed E-state index contributed by atoms with van der Waals surface area (Å²) < 4.78 is 5.50. The van der Waals surface area contributed by atoms with Crippen LogP contribution in [-0.4, -0.2) is 4.37 Å². The van der Waals surface area contributed by atoms with Crippen molar-refractivity contribution >= 4 is 21.6 Å². The number of aryl methyl sites for hydroxylation is 2. The van der Waals surface area contributed by atoms with E-state index in [1.54, 1.807) is 11.5 Å². The largest absolute Gasteiger partial charge is 0.200 e. The average Bonchev–Trinajstić information content (AvgIpc) is 2.50. The van der Waals surface area contributed by atoms with Crippen molar-refractivity contribution in [1.82, 2.24) is 4.37 Å². The van der Waals surface area contributed by atoms with Gasteiger partial charge in [0.05, 0.1) is 4.70 Å². The fraction of sp³-hybridized carbons (Fsp3) is 0.300. The van der Waals surface area contributed by atoms with E-state index in [-0.39, 0.29) is 0 Å². The molecule has 0 unspecified atom stereocenters. The van der Waals surface area contributed by atoms with Crippen LogP contribution in [0.4, 0.5) is 0 Å². The third-order valence-electron chi connectivity index (χ3n) is 2.09. The monoisotopic (exact) mass is 177 g/mol. The van der Waals surface area contributed by atoms with Crippen molar-refractivity contribution in [1.29, 1.82) is 0 Å². The number of hydrogen-bond donors (Lipinski definition) is 0. The molecule has 0 aliphatic rings. The second kappa shape index (κ2) is 2.87. The second-order valence-electron chi connectivity index (χ2n) is 3.02. The summed E-state index contributed by atoms with van der Waals surface area (Å²) in [4.78, 5) is 0. The Bertz CT molecular complexity index is 403. The normalized spacial score (nSPS) is 10.8. The molecule has 2 heteroatoms. The highest BCUT2D eigenvalue weighted by molar-refractivity contribution is 7.13. The molecule has 0 spiro atoms. The first-order valence-electron chi connectivity index (χ1n) is 4.15. The van der Waals surface area contributed by atoms with Crippen molar-refractivity contribution in [3.8, 4) is 0 Å². The molecule has 0 atom stereocenters. The van der Waals surface area contributed by atoms with Gasteiger partial charge in [-0.3, -0.25) is 0 Å². The summed E-state index contributed by atoms with van der Waals surface area (Å²) in [6.45, 7) is 4.32. The van der Waals surface area contributed by atoms with Gasteiger partial charge in [0.25, 0.3) is 0 Å². The quantitative estimate of drug-likeness (QED) is 0.652. The summed E-state index contributed by atoms with van der Waals surface area (Å²) in [5.74, 6) is 0. The molecule has 0 fully saturated rings. The first kappa shape index (κ1) is 7.74. The molecule has 0 amide bonds. The predicted molar refractivity (Wildman–Crippen MR) is 53.7 cm³/mol. The molecule has 0 saturated heterocycles. The van der Waals surface area contributed by atoms with Gasteiger partial charge in [-0.1, -0.05) is 13.0 Å². The first-order valence-corrected chi connectivity index (χ1v) is 4.92. The SMILES string of the molecule is CCc1cc(C)cc2sncc12. The first-order chi connectivity index (χ1) is 5.81. The van der Waals surface area contributed by atoms with Crippen LogP contribution in [0.25, 0.3) is 10.1 Å². The van der Waals surface area contributed by atoms with Crippen LogP contribution in [0, 0.1) is 6.92 Å². The second-order valence-corrected chi connectivity index (χ2v) is 3.85. The fourth-order valence-corrected chi connectivity index (χ4v) is 2.28. The Morgan fingerprint density at radius 3 is 3.00 bits per heavy atom. The van der Waals surface area contributed by atoms with Crippen LogP contribution in [0.3, 0.4) is 0 Å². The minimum atomic E-state index is 1.09. The van der Waals surface area contributed by atoms with E-state index < -0.39 is 0 Å². The van der Waals surface area contributed by atoms with Crippen LogP contribution in [0.15, 0.2) is 18.3 Å². The van der Waals surface area contributed by atoms with E-state index in [0.29, 0.717) is 0 Å². The summed E-state index contributed by atoms with van der Waals surface area (Å²) in [7, 11) is 0. The Morgan fingerprint density at radius 1 is 1.42 bits per heavy atom. The highest BCUT2D eigenvalue weighted by Gasteiger charge is 2.01. The van der Waals surface area contributed by atoms with E-state index in [4.69, 9.17) is 0 Å². The lowest BCUT2D eigenvalue weighted by molar-refractivity contribution is 1.15. The van der Waals surface area contributed by atoms with Crippen LogP contribution < -0.4 is 0 Å². The molecule has 0 aliphatic heterocycles. The summed E-state index contributed by atoms with van der Waals surface area (Å²) in [6.07, 6.45) is 3.06. The third-order valence-corrected chi connectivity index (χ3v) is 2.83. The maximum atomic E-state index is 4.19. The van der Waals surface area contributed by atoms with Gasteiger partial charge < -0.3 is 0 Å². The molecular formula is C10H11NS. The Hall–Kier alpha value is -0.890. The molecular weight excluding hydrogens is 166 g/mol. The molecule has 0 radical (unpaired) electrons. The molecule has 0 aliphatic carbocycles. The molecule has 62 valence electrons. The van der Waals surface area contributed by atoms with Gasteiger partial charge in [0, 0.05) is 11.6 Å². The lowest BCUT2D eigenvalue weighted by atomic mass is 10.1. The van der Waals surface area contributed by atoms with Crippen LogP contribution in [0.2, 0.25) is 0 Å². The number of rotatable bonds is 1. The van der Waals surface area contributed by atoms with Gasteiger partial charge in [-0.05, 0) is 42.1 Å². The zero-order valence-electron chi connectivity index (χ0n) is 7.29. The van der Waals surface area contributed by atoms with E-state index in [9.17, 15) is 0 Å². The van der Waals surface area contributed by atoms with Gasteiger partial charge in [-0.25, -0.2) is 0 Å². The van der Waals surface area contributed by atoms with Gasteiger partial charge in [0.15, 0.2) is 0 Å². The van der Waals surface area contributed by atoms with Crippen molar-refractivity contribution in [2.24, 2.45) is 0 Å². The summed E-state index contributed by atoms with van der Waals surface area (Å²) in [6, 6.07) is 4.45. The van der Waals surface area contributed by atoms with Crippen LogP contribution >= 0.6 is 11.5 Å². The number of aromatic nitrogens is 1. The Morgan fingerprint density at radius 2 is 2.25 bits per heavy atom. The molecule has 1 aromatic carbocycles. The Balaban J connectivity index is 2.80. The highest BCUT2D eigenvalue weighted by atomic mass is 32.1. The maximum absolute atomic E-state index is 4.19. The average molecular weight is 177 g/mol. The molecule has 2 aromatic rings. The van der Waals surface area contributed by atoms with Gasteiger partial charge in [-0.2, -0.15) is 4.37 Å². The molecule has 1 nitrogen and oxygen atoms in total. The van der Waals surface area contributed by atoms with Gasteiger partial charge >= 0.3 is 0 Å². The fourth-order valence-electron chi connectivity index (χ4n) is 1.49. The van der Waals surface area contributed by atoms with E-state index in [1.807, 2.05) is 6.20 Å². The van der Waals surface area contributed by atoms with Gasteiger partial charge in [0.1, 0.15) is 0 Å². The smallest absolute Gasteiger partial charge is 0.0555 e. The molecule has 0 saturated carbocycles. The maximum Gasteiger partial charge on any atom is 0.0555 e. The van der Waals surface area contributed by atoms with E-state index in [2.05, 4.69) is 30.4 Å². The van der Waals surface area contributed by atoms with Crippen LogP contribution in [-0.2, 0) is 6.42 Å². The standard InChI is InChI=1S/C10H11NS/c1-3-8-4-7(2)5-10-9(8)6-11-12-10/h4-6H,3H2,1-2H3. The van der Waals surface area contributed by atoms with E-state index >= 15 is 0 Å².